The summed E-state index contributed by atoms with van der Waals surface area (Å²) in [5.74, 6) is 1.53. The molecular weight excluding hydrogens is 845 g/mol. The minimum absolute atomic E-state index is 0.0118. The van der Waals surface area contributed by atoms with Gasteiger partial charge in [-0.2, -0.15) is 0 Å². The quantitative estimate of drug-likeness (QED) is 0.250. The zero-order valence-electron chi connectivity index (χ0n) is 36.6. The lowest BCUT2D eigenvalue weighted by Crippen LogP contribution is -2.53. The van der Waals surface area contributed by atoms with E-state index in [1.807, 2.05) is 34.0 Å². The highest BCUT2D eigenvalue weighted by Gasteiger charge is 2.44. The average Bonchev–Trinajstić information content (AvgIpc) is 4.17. The summed E-state index contributed by atoms with van der Waals surface area (Å²) in [5, 5.41) is 4.32. The third-order valence-corrected chi connectivity index (χ3v) is 16.9. The van der Waals surface area contributed by atoms with Crippen molar-refractivity contribution in [2.75, 3.05) is 60.8 Å². The van der Waals surface area contributed by atoms with Gasteiger partial charge in [0, 0.05) is 67.2 Å². The number of likely N-dealkylation sites (tertiary alicyclic amines) is 2. The molecular formula is C45H58N8O8S2. The second kappa shape index (κ2) is 18.4. The summed E-state index contributed by atoms with van der Waals surface area (Å²) in [6.07, 6.45) is 11.1. The highest BCUT2D eigenvalue weighted by molar-refractivity contribution is 8.09. The van der Waals surface area contributed by atoms with E-state index in [1.54, 1.807) is 18.4 Å². The number of carbonyl (C=O) groups excluding carboxylic acids is 4. The molecule has 6 atom stereocenters. The van der Waals surface area contributed by atoms with Crippen LogP contribution in [0.1, 0.15) is 94.6 Å². The van der Waals surface area contributed by atoms with E-state index in [9.17, 15) is 19.2 Å². The normalized spacial score (nSPS) is 25.1. The van der Waals surface area contributed by atoms with Crippen LogP contribution in [-0.4, -0.2) is 137 Å². The SMILES string of the molecule is COC(=O)NC(C(=O)N1CCCC1c1ncc(-c2cc3c(s2)=C(C)C2C=C(c4cnc(C5CCCN5C(=O)C(C5CCOCC5)N(C)C(=O)OC)[nH]4)SC2C=3C)[nH]1)C1CCOCC1. The Kier molecular flexibility index (Phi) is 12.8. The Bertz CT molecular complexity index is 2380. The Hall–Kier alpha value is -4.65. The first-order valence-electron chi connectivity index (χ1n) is 22.3. The number of fused-ring (bicyclic) bond motifs is 2. The molecule has 0 spiro atoms. The Morgan fingerprint density at radius 2 is 1.43 bits per heavy atom. The number of alkyl carbamates (subject to hydrolysis) is 1. The largest absolute Gasteiger partial charge is 0.453 e. The van der Waals surface area contributed by atoms with Crippen molar-refractivity contribution in [2.45, 2.75) is 94.6 Å². The monoisotopic (exact) mass is 902 g/mol. The van der Waals surface area contributed by atoms with Gasteiger partial charge in [-0.1, -0.05) is 11.6 Å². The minimum atomic E-state index is -0.684. The molecule has 0 saturated carbocycles. The Morgan fingerprint density at radius 1 is 0.825 bits per heavy atom. The Balaban J connectivity index is 0.917. The van der Waals surface area contributed by atoms with Crippen molar-refractivity contribution in [1.82, 2.24) is 40.0 Å². The number of aromatic nitrogens is 4. The summed E-state index contributed by atoms with van der Waals surface area (Å²) in [7, 11) is 4.32. The maximum atomic E-state index is 14.3. The zero-order valence-corrected chi connectivity index (χ0v) is 38.3. The van der Waals surface area contributed by atoms with E-state index < -0.39 is 24.3 Å². The highest BCUT2D eigenvalue weighted by atomic mass is 32.2. The van der Waals surface area contributed by atoms with Gasteiger partial charge in [0.15, 0.2) is 0 Å². The predicted octanol–water partition coefficient (Wildman–Crippen LogP) is 4.96. The van der Waals surface area contributed by atoms with Crippen molar-refractivity contribution < 1.29 is 38.1 Å². The van der Waals surface area contributed by atoms with Crippen molar-refractivity contribution in [3.05, 3.63) is 51.6 Å². The molecule has 6 aliphatic rings. The van der Waals surface area contributed by atoms with Crippen LogP contribution in [0.2, 0.25) is 0 Å². The number of H-pyrrole nitrogens is 2. The number of rotatable bonds is 10. The van der Waals surface area contributed by atoms with E-state index in [-0.39, 0.29) is 46.9 Å². The average molecular weight is 903 g/mol. The van der Waals surface area contributed by atoms with Crippen LogP contribution in [0.15, 0.2) is 24.5 Å². The second-order valence-electron chi connectivity index (χ2n) is 17.6. The number of thioether (sulfide) groups is 1. The zero-order chi connectivity index (χ0) is 43.9. The first-order valence-corrected chi connectivity index (χ1v) is 24.0. The van der Waals surface area contributed by atoms with Crippen LogP contribution in [0.25, 0.3) is 26.6 Å². The number of methoxy groups -OCH3 is 2. The summed E-state index contributed by atoms with van der Waals surface area (Å²) < 4.78 is 22.4. The van der Waals surface area contributed by atoms with Crippen LogP contribution in [0.5, 0.6) is 0 Å². The van der Waals surface area contributed by atoms with Gasteiger partial charge < -0.3 is 44.0 Å². The number of carbonyl (C=O) groups is 4. The number of hydrogen-bond donors (Lipinski definition) is 3. The molecule has 0 aromatic carbocycles. The van der Waals surface area contributed by atoms with Crippen LogP contribution in [0, 0.1) is 17.8 Å². The van der Waals surface area contributed by atoms with Crippen molar-refractivity contribution in [2.24, 2.45) is 17.8 Å². The number of aromatic amines is 2. The molecule has 0 bridgehead atoms. The van der Waals surface area contributed by atoms with Crippen molar-refractivity contribution >= 4 is 63.2 Å². The Morgan fingerprint density at radius 3 is 2.06 bits per heavy atom. The fraction of sp³-hybridized carbons (Fsp3) is 0.600. The molecule has 18 heteroatoms. The van der Waals surface area contributed by atoms with Crippen molar-refractivity contribution in [3.63, 3.8) is 0 Å². The molecule has 8 heterocycles. The first-order chi connectivity index (χ1) is 30.6. The van der Waals surface area contributed by atoms with Crippen LogP contribution in [0.4, 0.5) is 9.59 Å². The standard InChI is InChI=1S/C45H58N8O8S2/c1-24-28-20-34(30-22-46-40(48-30)32-8-6-14-52(32)42(54)36(50-44(56)58-4)26-10-16-60-17-11-26)62-38(28)25(2)29-21-35(63-39(24)29)31-23-47-41(49-31)33-9-7-15-53(33)43(55)37(51(3)45(57)59-5)27-12-18-61-19-13-27/h20-23,26-27,29,32-33,36-37,39H,6-19H2,1-5H3,(H,46,48)(H,47,49)(H,50,56). The molecule has 4 saturated heterocycles. The van der Waals surface area contributed by atoms with Gasteiger partial charge in [0.2, 0.25) is 11.8 Å². The summed E-state index contributed by atoms with van der Waals surface area (Å²) >= 11 is 3.62. The van der Waals surface area contributed by atoms with E-state index in [4.69, 9.17) is 28.9 Å². The third-order valence-electron chi connectivity index (χ3n) is 14.1. The van der Waals surface area contributed by atoms with Gasteiger partial charge in [0.25, 0.3) is 0 Å². The number of nitrogens with one attached hydrogen (secondary N) is 3. The maximum Gasteiger partial charge on any atom is 0.409 e. The number of ether oxygens (including phenoxy) is 4. The van der Waals surface area contributed by atoms with Crippen LogP contribution in [0.3, 0.4) is 0 Å². The third kappa shape index (κ3) is 8.32. The molecule has 4 amide bonds. The number of thiophene rings is 1. The molecule has 9 rings (SSSR count). The lowest BCUT2D eigenvalue weighted by molar-refractivity contribution is -0.140. The molecule has 3 aromatic rings. The molecule has 5 aliphatic heterocycles. The maximum absolute atomic E-state index is 14.3. The predicted molar refractivity (Wildman–Crippen MR) is 238 cm³/mol. The molecule has 0 radical (unpaired) electrons. The molecule has 6 unspecified atom stereocenters. The number of imidazole rings is 2. The number of amides is 4. The smallest absolute Gasteiger partial charge is 0.409 e. The Labute approximate surface area is 375 Å². The van der Waals surface area contributed by atoms with Crippen LogP contribution in [-0.2, 0) is 28.5 Å². The number of hydrogen-bond acceptors (Lipinski definition) is 12. The molecule has 63 heavy (non-hydrogen) atoms. The van der Waals surface area contributed by atoms with E-state index in [0.717, 1.165) is 58.5 Å². The molecule has 3 aromatic heterocycles. The fourth-order valence-corrected chi connectivity index (χ4v) is 13.3. The summed E-state index contributed by atoms with van der Waals surface area (Å²) in [6.45, 7) is 7.94. The van der Waals surface area contributed by atoms with Gasteiger partial charge in [-0.25, -0.2) is 19.6 Å². The lowest BCUT2D eigenvalue weighted by atomic mass is 9.87. The van der Waals surface area contributed by atoms with Gasteiger partial charge in [0.05, 0.1) is 55.0 Å². The number of nitrogens with zero attached hydrogens (tertiary/aromatic N) is 5. The van der Waals surface area contributed by atoms with Gasteiger partial charge in [-0.15, -0.1) is 23.1 Å². The summed E-state index contributed by atoms with van der Waals surface area (Å²) in [5.41, 5.74) is 4.52. The topological polar surface area (TPSA) is 184 Å². The van der Waals surface area contributed by atoms with Crippen LogP contribution >= 0.6 is 23.1 Å². The van der Waals surface area contributed by atoms with Gasteiger partial charge in [-0.05, 0) is 93.9 Å². The lowest BCUT2D eigenvalue weighted by Gasteiger charge is -2.38. The number of likely N-dealkylation sites (N-methyl/N-ethyl adjacent to an activating group) is 1. The van der Waals surface area contributed by atoms with Crippen LogP contribution < -0.4 is 15.1 Å². The van der Waals surface area contributed by atoms with E-state index >= 15 is 0 Å². The molecule has 338 valence electrons. The highest BCUT2D eigenvalue weighted by Crippen LogP contribution is 2.49. The van der Waals surface area contributed by atoms with E-state index in [0.29, 0.717) is 65.2 Å². The molecule has 16 nitrogen and oxygen atoms in total. The van der Waals surface area contributed by atoms with E-state index in [1.165, 1.54) is 40.0 Å². The van der Waals surface area contributed by atoms with Gasteiger partial charge in [-0.3, -0.25) is 14.5 Å². The molecule has 4 fully saturated rings. The molecule has 1 aliphatic carbocycles. The first kappa shape index (κ1) is 43.6. The van der Waals surface area contributed by atoms with Gasteiger partial charge >= 0.3 is 12.2 Å². The summed E-state index contributed by atoms with van der Waals surface area (Å²) in [4.78, 5) is 77.9. The number of allylic oxidation sites excluding steroid dienone is 1. The van der Waals surface area contributed by atoms with Crippen molar-refractivity contribution in [3.8, 4) is 10.6 Å². The molecule has 3 N–H and O–H groups in total. The minimum Gasteiger partial charge on any atom is -0.453 e. The second-order valence-corrected chi connectivity index (χ2v) is 19.8. The fourth-order valence-electron chi connectivity index (χ4n) is 10.6. The van der Waals surface area contributed by atoms with Gasteiger partial charge in [0.1, 0.15) is 23.7 Å². The summed E-state index contributed by atoms with van der Waals surface area (Å²) in [6, 6.07) is 0.532. The van der Waals surface area contributed by atoms with Crippen molar-refractivity contribution in [1.29, 1.82) is 0 Å². The van der Waals surface area contributed by atoms with E-state index in [2.05, 4.69) is 41.3 Å².